The van der Waals surface area contributed by atoms with E-state index in [1.165, 1.54) is 26.5 Å². The first kappa shape index (κ1) is 18.1. The van der Waals surface area contributed by atoms with Crippen LogP contribution in [0.25, 0.3) is 0 Å². The van der Waals surface area contributed by atoms with Gasteiger partial charge in [-0.3, -0.25) is 4.79 Å². The van der Waals surface area contributed by atoms with Crippen LogP contribution < -0.4 is 19.5 Å². The molecule has 1 amide bonds. The Kier molecular flexibility index (Phi) is 5.41. The first-order chi connectivity index (χ1) is 13.1. The average Bonchev–Trinajstić information content (AvgIpc) is 3.22. The lowest BCUT2D eigenvalue weighted by Crippen LogP contribution is -2.12. The number of esters is 1. The molecule has 2 aromatic carbocycles. The van der Waals surface area contributed by atoms with Crippen LogP contribution in [0.4, 0.5) is 5.69 Å². The molecule has 7 nitrogen and oxygen atoms in total. The van der Waals surface area contributed by atoms with Gasteiger partial charge in [-0.25, -0.2) is 4.79 Å². The van der Waals surface area contributed by atoms with Gasteiger partial charge >= 0.3 is 5.97 Å². The number of furan rings is 1. The summed E-state index contributed by atoms with van der Waals surface area (Å²) >= 11 is 0. The number of hydrogen-bond donors (Lipinski definition) is 1. The Morgan fingerprint density at radius 1 is 0.926 bits per heavy atom. The van der Waals surface area contributed by atoms with Gasteiger partial charge in [0.05, 0.1) is 26.0 Å². The minimum Gasteiger partial charge on any atom is -0.493 e. The van der Waals surface area contributed by atoms with Crippen LogP contribution in [0.3, 0.4) is 0 Å². The smallest absolute Gasteiger partial charge is 0.343 e. The average molecular weight is 367 g/mol. The Balaban J connectivity index is 1.72. The zero-order valence-corrected chi connectivity index (χ0v) is 14.7. The van der Waals surface area contributed by atoms with Crippen LogP contribution in [0.2, 0.25) is 0 Å². The summed E-state index contributed by atoms with van der Waals surface area (Å²) in [4.78, 5) is 24.4. The molecule has 138 valence electrons. The lowest BCUT2D eigenvalue weighted by atomic mass is 10.2. The second-order valence-electron chi connectivity index (χ2n) is 5.42. The molecule has 0 atom stereocenters. The van der Waals surface area contributed by atoms with Crippen LogP contribution in [0, 0.1) is 0 Å². The zero-order valence-electron chi connectivity index (χ0n) is 14.7. The molecule has 0 spiro atoms. The second-order valence-corrected chi connectivity index (χ2v) is 5.42. The molecule has 0 radical (unpaired) electrons. The van der Waals surface area contributed by atoms with Crippen LogP contribution >= 0.6 is 0 Å². The molecule has 0 aliphatic heterocycles. The fraction of sp³-hybridized carbons (Fsp3) is 0.100. The molecule has 0 aliphatic carbocycles. The first-order valence-electron chi connectivity index (χ1n) is 8.00. The Labute approximate surface area is 155 Å². The maximum absolute atomic E-state index is 12.4. The maximum Gasteiger partial charge on any atom is 0.343 e. The molecule has 7 heteroatoms. The number of ether oxygens (including phenoxy) is 3. The summed E-state index contributed by atoms with van der Waals surface area (Å²) in [5.41, 5.74) is 0.770. The van der Waals surface area contributed by atoms with E-state index < -0.39 is 11.9 Å². The third kappa shape index (κ3) is 4.27. The second kappa shape index (κ2) is 8.09. The Hall–Kier alpha value is -3.74. The van der Waals surface area contributed by atoms with E-state index in [-0.39, 0.29) is 11.5 Å². The number of nitrogens with one attached hydrogen (secondary N) is 1. The molecule has 1 heterocycles. The van der Waals surface area contributed by atoms with Crippen molar-refractivity contribution in [3.63, 3.8) is 0 Å². The third-order valence-electron chi connectivity index (χ3n) is 3.67. The van der Waals surface area contributed by atoms with E-state index in [1.54, 1.807) is 48.5 Å². The molecule has 0 bridgehead atoms. The Morgan fingerprint density at radius 3 is 2.44 bits per heavy atom. The molecule has 3 aromatic rings. The molecular weight excluding hydrogens is 350 g/mol. The van der Waals surface area contributed by atoms with Crippen molar-refractivity contribution in [1.82, 2.24) is 0 Å². The van der Waals surface area contributed by atoms with Crippen molar-refractivity contribution >= 4 is 17.6 Å². The van der Waals surface area contributed by atoms with E-state index >= 15 is 0 Å². The predicted molar refractivity (Wildman–Crippen MR) is 97.6 cm³/mol. The highest BCUT2D eigenvalue weighted by Gasteiger charge is 2.14. The molecule has 1 N–H and O–H groups in total. The largest absolute Gasteiger partial charge is 0.493 e. The summed E-state index contributed by atoms with van der Waals surface area (Å²) < 4.78 is 20.8. The summed E-state index contributed by atoms with van der Waals surface area (Å²) in [7, 11) is 3.00. The van der Waals surface area contributed by atoms with E-state index in [9.17, 15) is 9.59 Å². The van der Waals surface area contributed by atoms with E-state index in [1.807, 2.05) is 0 Å². The molecule has 0 aliphatic rings. The quantitative estimate of drug-likeness (QED) is 0.527. The summed E-state index contributed by atoms with van der Waals surface area (Å²) in [6.45, 7) is 0. The highest BCUT2D eigenvalue weighted by atomic mass is 16.5. The van der Waals surface area contributed by atoms with Gasteiger partial charge in [-0.15, -0.1) is 0 Å². The van der Waals surface area contributed by atoms with Crippen LogP contribution in [0.15, 0.2) is 65.3 Å². The van der Waals surface area contributed by atoms with Crippen LogP contribution in [-0.4, -0.2) is 26.1 Å². The van der Waals surface area contributed by atoms with E-state index in [2.05, 4.69) is 5.32 Å². The SMILES string of the molecule is COc1ccc(C(=O)Oc2cccc(NC(=O)c3ccco3)c2)cc1OC. The van der Waals surface area contributed by atoms with Crippen molar-refractivity contribution in [2.75, 3.05) is 19.5 Å². The third-order valence-corrected chi connectivity index (χ3v) is 3.67. The predicted octanol–water partition coefficient (Wildman–Crippen LogP) is 3.77. The van der Waals surface area contributed by atoms with Crippen LogP contribution in [0.1, 0.15) is 20.9 Å². The number of rotatable bonds is 6. The Morgan fingerprint density at radius 2 is 1.74 bits per heavy atom. The summed E-state index contributed by atoms with van der Waals surface area (Å²) in [5, 5.41) is 2.67. The lowest BCUT2D eigenvalue weighted by Gasteiger charge is -2.10. The normalized spacial score (nSPS) is 10.1. The number of amides is 1. The number of benzene rings is 2. The fourth-order valence-corrected chi connectivity index (χ4v) is 2.37. The fourth-order valence-electron chi connectivity index (χ4n) is 2.37. The minimum absolute atomic E-state index is 0.183. The summed E-state index contributed by atoms with van der Waals surface area (Å²) in [6.07, 6.45) is 1.41. The molecule has 0 fully saturated rings. The van der Waals surface area contributed by atoms with Gasteiger partial charge in [-0.2, -0.15) is 0 Å². The topological polar surface area (TPSA) is 87.0 Å². The van der Waals surface area contributed by atoms with Crippen LogP contribution in [-0.2, 0) is 0 Å². The van der Waals surface area contributed by atoms with Crippen molar-refractivity contribution in [3.05, 3.63) is 72.2 Å². The van der Waals surface area contributed by atoms with Gasteiger partial charge < -0.3 is 23.9 Å². The molecule has 0 unspecified atom stereocenters. The van der Waals surface area contributed by atoms with Gasteiger partial charge in [-0.1, -0.05) is 6.07 Å². The minimum atomic E-state index is -0.564. The number of anilines is 1. The standard InChI is InChI=1S/C20H17NO6/c1-24-16-9-8-13(11-18(16)25-2)20(23)27-15-6-3-5-14(12-15)21-19(22)17-7-4-10-26-17/h3-12H,1-2H3,(H,21,22). The summed E-state index contributed by atoms with van der Waals surface area (Å²) in [5.74, 6) is 0.437. The van der Waals surface area contributed by atoms with Gasteiger partial charge in [-0.05, 0) is 42.5 Å². The van der Waals surface area contributed by atoms with E-state index in [0.29, 0.717) is 22.7 Å². The maximum atomic E-state index is 12.4. The number of carbonyl (C=O) groups is 2. The molecular formula is C20H17NO6. The number of carbonyl (C=O) groups excluding carboxylic acids is 2. The van der Waals surface area contributed by atoms with E-state index in [4.69, 9.17) is 18.6 Å². The first-order valence-corrected chi connectivity index (χ1v) is 8.00. The molecule has 1 aromatic heterocycles. The van der Waals surface area contributed by atoms with Crippen molar-refractivity contribution in [2.45, 2.75) is 0 Å². The van der Waals surface area contributed by atoms with Gasteiger partial charge in [0.2, 0.25) is 0 Å². The van der Waals surface area contributed by atoms with Gasteiger partial charge in [0.1, 0.15) is 5.75 Å². The van der Waals surface area contributed by atoms with Crippen LogP contribution in [0.5, 0.6) is 17.2 Å². The van der Waals surface area contributed by atoms with Gasteiger partial charge in [0.15, 0.2) is 17.3 Å². The Bertz CT molecular complexity index is 949. The van der Waals surface area contributed by atoms with Crippen molar-refractivity contribution < 1.29 is 28.2 Å². The van der Waals surface area contributed by atoms with Crippen molar-refractivity contribution in [3.8, 4) is 17.2 Å². The zero-order chi connectivity index (χ0) is 19.2. The number of hydrogen-bond acceptors (Lipinski definition) is 6. The molecule has 3 rings (SSSR count). The highest BCUT2D eigenvalue weighted by Crippen LogP contribution is 2.28. The van der Waals surface area contributed by atoms with E-state index in [0.717, 1.165) is 0 Å². The lowest BCUT2D eigenvalue weighted by molar-refractivity contribution is 0.0734. The van der Waals surface area contributed by atoms with Gasteiger partial charge in [0, 0.05) is 11.8 Å². The van der Waals surface area contributed by atoms with Gasteiger partial charge in [0.25, 0.3) is 5.91 Å². The molecule has 27 heavy (non-hydrogen) atoms. The highest BCUT2D eigenvalue weighted by molar-refractivity contribution is 6.02. The van der Waals surface area contributed by atoms with Crippen molar-refractivity contribution in [1.29, 1.82) is 0 Å². The molecule has 0 saturated heterocycles. The number of methoxy groups -OCH3 is 2. The van der Waals surface area contributed by atoms with Crippen molar-refractivity contribution in [2.24, 2.45) is 0 Å². The molecule has 0 saturated carbocycles. The monoisotopic (exact) mass is 367 g/mol. The summed E-state index contributed by atoms with van der Waals surface area (Å²) in [6, 6.07) is 14.4.